The monoisotopic (exact) mass is 367 g/mol. The number of halogens is 1. The van der Waals surface area contributed by atoms with Crippen LogP contribution in [0.2, 0.25) is 0 Å². The Morgan fingerprint density at radius 1 is 1.08 bits per heavy atom. The van der Waals surface area contributed by atoms with Crippen molar-refractivity contribution in [3.05, 3.63) is 35.9 Å². The Morgan fingerprint density at radius 3 is 2.36 bits per heavy atom. The highest BCUT2D eigenvalue weighted by molar-refractivity contribution is 5.80. The van der Waals surface area contributed by atoms with Gasteiger partial charge in [0.25, 0.3) is 0 Å². The van der Waals surface area contributed by atoms with Crippen LogP contribution in [-0.2, 0) is 9.53 Å². The van der Waals surface area contributed by atoms with Crippen molar-refractivity contribution in [1.29, 1.82) is 0 Å². The van der Waals surface area contributed by atoms with Crippen LogP contribution in [0.25, 0.3) is 0 Å². The third kappa shape index (κ3) is 5.19. The van der Waals surface area contributed by atoms with Crippen LogP contribution >= 0.6 is 0 Å². The SMILES string of the molecule is O=C(OCC[NH+]1CCCCC1)C(c1ccccc1)C1(O)CCCC1.[Cl-]. The molecule has 1 aliphatic carbocycles. The van der Waals surface area contributed by atoms with Crippen molar-refractivity contribution >= 4 is 5.97 Å². The lowest BCUT2D eigenvalue weighted by molar-refractivity contribution is -0.905. The lowest BCUT2D eigenvalue weighted by Gasteiger charge is -2.31. The van der Waals surface area contributed by atoms with Crippen LogP contribution in [0.4, 0.5) is 0 Å². The predicted molar refractivity (Wildman–Crippen MR) is 93.0 cm³/mol. The summed E-state index contributed by atoms with van der Waals surface area (Å²) in [7, 11) is 0. The Kier molecular flexibility index (Phi) is 7.73. The fraction of sp³-hybridized carbons (Fsp3) is 0.650. The maximum Gasteiger partial charge on any atom is 0.316 e. The Balaban J connectivity index is 0.00000225. The normalized spacial score (nSPS) is 21.3. The van der Waals surface area contributed by atoms with E-state index in [9.17, 15) is 9.90 Å². The average molecular weight is 368 g/mol. The molecular formula is C20H30ClNO3. The van der Waals surface area contributed by atoms with E-state index in [0.29, 0.717) is 19.4 Å². The number of quaternary nitrogens is 1. The Morgan fingerprint density at radius 2 is 1.72 bits per heavy atom. The Labute approximate surface area is 157 Å². The largest absolute Gasteiger partial charge is 1.00 e. The van der Waals surface area contributed by atoms with Gasteiger partial charge in [-0.15, -0.1) is 0 Å². The number of hydrogen-bond acceptors (Lipinski definition) is 3. The molecule has 0 radical (unpaired) electrons. The maximum absolute atomic E-state index is 12.8. The van der Waals surface area contributed by atoms with E-state index in [0.717, 1.165) is 24.9 Å². The summed E-state index contributed by atoms with van der Waals surface area (Å²) in [6, 6.07) is 9.64. The zero-order valence-electron chi connectivity index (χ0n) is 14.9. The Bertz CT molecular complexity index is 525. The first-order chi connectivity index (χ1) is 11.7. The predicted octanol–water partition coefficient (Wildman–Crippen LogP) is -1.31. The molecule has 0 spiro atoms. The number of nitrogens with one attached hydrogen (secondary N) is 1. The van der Waals surface area contributed by atoms with Crippen LogP contribution in [0.3, 0.4) is 0 Å². The summed E-state index contributed by atoms with van der Waals surface area (Å²) in [5.74, 6) is -0.820. The summed E-state index contributed by atoms with van der Waals surface area (Å²) in [5, 5.41) is 11.0. The van der Waals surface area contributed by atoms with Crippen molar-refractivity contribution in [1.82, 2.24) is 0 Å². The summed E-state index contributed by atoms with van der Waals surface area (Å²) in [6.45, 7) is 3.70. The van der Waals surface area contributed by atoms with E-state index in [1.807, 2.05) is 30.3 Å². The molecule has 1 saturated carbocycles. The maximum atomic E-state index is 12.8. The summed E-state index contributed by atoms with van der Waals surface area (Å²) in [4.78, 5) is 14.3. The van der Waals surface area contributed by atoms with Gasteiger partial charge in [-0.25, -0.2) is 0 Å². The number of aliphatic hydroxyl groups is 1. The number of esters is 1. The third-order valence-electron chi connectivity index (χ3n) is 5.64. The number of ether oxygens (including phenoxy) is 1. The fourth-order valence-corrected chi connectivity index (χ4v) is 4.27. The molecule has 1 aliphatic heterocycles. The van der Waals surface area contributed by atoms with Crippen LogP contribution in [-0.4, -0.2) is 42.9 Å². The highest BCUT2D eigenvalue weighted by Crippen LogP contribution is 2.41. The second-order valence-corrected chi connectivity index (χ2v) is 7.38. The lowest BCUT2D eigenvalue weighted by Crippen LogP contribution is -3.13. The molecule has 1 atom stereocenters. The van der Waals surface area contributed by atoms with Gasteiger partial charge in [0.2, 0.25) is 0 Å². The first kappa shape index (κ1) is 20.2. The third-order valence-corrected chi connectivity index (χ3v) is 5.64. The van der Waals surface area contributed by atoms with E-state index in [2.05, 4.69) is 0 Å². The van der Waals surface area contributed by atoms with E-state index in [4.69, 9.17) is 4.74 Å². The minimum atomic E-state index is -0.948. The highest BCUT2D eigenvalue weighted by atomic mass is 35.5. The van der Waals surface area contributed by atoms with E-state index in [-0.39, 0.29) is 18.4 Å². The lowest BCUT2D eigenvalue weighted by atomic mass is 9.81. The van der Waals surface area contributed by atoms with Crippen molar-refractivity contribution in [3.8, 4) is 0 Å². The van der Waals surface area contributed by atoms with Crippen molar-refractivity contribution in [2.24, 2.45) is 0 Å². The standard InChI is InChI=1S/C20H29NO3.ClH/c22-19(24-16-15-21-13-7-2-8-14-21)18(17-9-3-1-4-10-17)20(23)11-5-6-12-20;/h1,3-4,9-10,18,23H,2,5-8,11-16H2;1H. The van der Waals surface area contributed by atoms with Crippen LogP contribution < -0.4 is 17.3 Å². The molecular weight excluding hydrogens is 338 g/mol. The molecule has 3 rings (SSSR count). The average Bonchev–Trinajstić information content (AvgIpc) is 3.04. The number of hydrogen-bond donors (Lipinski definition) is 2. The molecule has 1 aromatic carbocycles. The summed E-state index contributed by atoms with van der Waals surface area (Å²) >= 11 is 0. The van der Waals surface area contributed by atoms with Crippen molar-refractivity contribution in [2.75, 3.05) is 26.2 Å². The first-order valence-electron chi connectivity index (χ1n) is 9.47. The number of benzene rings is 1. The molecule has 1 unspecified atom stereocenters. The molecule has 1 aromatic rings. The smallest absolute Gasteiger partial charge is 0.316 e. The number of rotatable bonds is 6. The van der Waals surface area contributed by atoms with Gasteiger partial charge in [0.05, 0.1) is 18.7 Å². The van der Waals surface area contributed by atoms with Crippen molar-refractivity contribution in [2.45, 2.75) is 56.5 Å². The van der Waals surface area contributed by atoms with Gasteiger partial charge in [-0.2, -0.15) is 0 Å². The van der Waals surface area contributed by atoms with Gasteiger partial charge in [-0.3, -0.25) is 4.79 Å². The van der Waals surface area contributed by atoms with E-state index < -0.39 is 11.5 Å². The molecule has 140 valence electrons. The van der Waals surface area contributed by atoms with E-state index in [1.165, 1.54) is 37.3 Å². The van der Waals surface area contributed by atoms with Crippen LogP contribution in [0.1, 0.15) is 56.4 Å². The summed E-state index contributed by atoms with van der Waals surface area (Å²) in [6.07, 6.45) is 7.19. The molecule has 25 heavy (non-hydrogen) atoms. The number of carbonyl (C=O) groups excluding carboxylic acids is 1. The number of likely N-dealkylation sites (tertiary alicyclic amines) is 1. The van der Waals surface area contributed by atoms with Crippen molar-refractivity contribution in [3.63, 3.8) is 0 Å². The topological polar surface area (TPSA) is 51.0 Å². The quantitative estimate of drug-likeness (QED) is 0.614. The number of piperidine rings is 1. The zero-order chi connectivity index (χ0) is 16.8. The molecule has 1 saturated heterocycles. The van der Waals surface area contributed by atoms with Crippen LogP contribution in [0.15, 0.2) is 30.3 Å². The summed E-state index contributed by atoms with van der Waals surface area (Å²) in [5.41, 5.74) is -0.0756. The van der Waals surface area contributed by atoms with Gasteiger partial charge in [0.15, 0.2) is 0 Å². The van der Waals surface area contributed by atoms with E-state index in [1.54, 1.807) is 0 Å². The molecule has 4 nitrogen and oxygen atoms in total. The number of carbonyl (C=O) groups is 1. The molecule has 2 N–H and O–H groups in total. The molecule has 2 fully saturated rings. The van der Waals surface area contributed by atoms with Gasteiger partial charge >= 0.3 is 5.97 Å². The minimum Gasteiger partial charge on any atom is -1.00 e. The Hall–Kier alpha value is -1.10. The molecule has 0 amide bonds. The molecule has 5 heteroatoms. The molecule has 0 aromatic heterocycles. The molecule has 0 bridgehead atoms. The summed E-state index contributed by atoms with van der Waals surface area (Å²) < 4.78 is 5.62. The second kappa shape index (κ2) is 9.56. The van der Waals surface area contributed by atoms with Gasteiger partial charge in [-0.05, 0) is 37.7 Å². The van der Waals surface area contributed by atoms with Crippen LogP contribution in [0, 0.1) is 0 Å². The van der Waals surface area contributed by atoms with Gasteiger partial charge in [0.1, 0.15) is 19.1 Å². The van der Waals surface area contributed by atoms with Gasteiger partial charge in [0, 0.05) is 0 Å². The molecule has 1 heterocycles. The second-order valence-electron chi connectivity index (χ2n) is 7.38. The van der Waals surface area contributed by atoms with Crippen molar-refractivity contribution < 1.29 is 31.9 Å². The van der Waals surface area contributed by atoms with E-state index >= 15 is 0 Å². The fourth-order valence-electron chi connectivity index (χ4n) is 4.27. The minimum absolute atomic E-state index is 0. The zero-order valence-corrected chi connectivity index (χ0v) is 15.6. The van der Waals surface area contributed by atoms with Gasteiger partial charge in [-0.1, -0.05) is 43.2 Å². The molecule has 2 aliphatic rings. The highest BCUT2D eigenvalue weighted by Gasteiger charge is 2.45. The van der Waals surface area contributed by atoms with Gasteiger partial charge < -0.3 is 27.2 Å². The van der Waals surface area contributed by atoms with Crippen LogP contribution in [0.5, 0.6) is 0 Å². The first-order valence-corrected chi connectivity index (χ1v) is 9.47.